The van der Waals surface area contributed by atoms with E-state index in [9.17, 15) is 9.59 Å². The molecule has 2 aromatic rings. The predicted octanol–water partition coefficient (Wildman–Crippen LogP) is 3.02. The monoisotopic (exact) mass is 319 g/mol. The summed E-state index contributed by atoms with van der Waals surface area (Å²) in [6, 6.07) is 6.05. The van der Waals surface area contributed by atoms with E-state index in [1.807, 2.05) is 13.8 Å². The van der Waals surface area contributed by atoms with Crippen molar-refractivity contribution in [1.29, 1.82) is 0 Å². The van der Waals surface area contributed by atoms with Crippen LogP contribution in [0.25, 0.3) is 0 Å². The van der Waals surface area contributed by atoms with Crippen molar-refractivity contribution in [1.82, 2.24) is 9.78 Å². The van der Waals surface area contributed by atoms with Crippen LogP contribution in [0.2, 0.25) is 5.02 Å². The molecule has 6 heteroatoms. The number of hydrogen-bond donors (Lipinski definition) is 1. The molecule has 0 bridgehead atoms. The van der Waals surface area contributed by atoms with Gasteiger partial charge in [-0.25, -0.2) is 4.68 Å². The molecule has 1 heterocycles. The number of rotatable bonds is 3. The Kier molecular flexibility index (Phi) is 4.66. The van der Waals surface area contributed by atoms with Crippen LogP contribution < -0.4 is 10.9 Å². The third kappa shape index (κ3) is 3.20. The Morgan fingerprint density at radius 3 is 2.68 bits per heavy atom. The number of aryl methyl sites for hydroxylation is 2. The molecule has 116 valence electrons. The molecule has 0 saturated heterocycles. The first-order chi connectivity index (χ1) is 10.3. The summed E-state index contributed by atoms with van der Waals surface area (Å²) in [6.45, 7) is 7.08. The molecule has 0 aliphatic heterocycles. The molecule has 0 unspecified atom stereocenters. The minimum absolute atomic E-state index is 0.298. The Balaban J connectivity index is 2.28. The van der Waals surface area contributed by atoms with Crippen molar-refractivity contribution in [2.75, 3.05) is 5.32 Å². The summed E-state index contributed by atoms with van der Waals surface area (Å²) in [5.41, 5.74) is 2.64. The fourth-order valence-corrected chi connectivity index (χ4v) is 2.19. The standard InChI is InChI=1S/C16H18ClN3O2/c1-9-8-15(21)20(19-11(9)3)12(4)16(22)18-14-7-5-6-13(17)10(14)2/h5-8,12H,1-4H3,(H,18,22)/t12-/m0/s1. The van der Waals surface area contributed by atoms with E-state index < -0.39 is 6.04 Å². The Morgan fingerprint density at radius 1 is 1.32 bits per heavy atom. The first-order valence-corrected chi connectivity index (χ1v) is 7.32. The van der Waals surface area contributed by atoms with E-state index >= 15 is 0 Å². The maximum absolute atomic E-state index is 12.4. The summed E-state index contributed by atoms with van der Waals surface area (Å²) < 4.78 is 1.19. The third-order valence-electron chi connectivity index (χ3n) is 3.67. The van der Waals surface area contributed by atoms with Gasteiger partial charge in [-0.1, -0.05) is 17.7 Å². The molecular formula is C16H18ClN3O2. The van der Waals surface area contributed by atoms with E-state index in [0.29, 0.717) is 10.7 Å². The van der Waals surface area contributed by atoms with Gasteiger partial charge in [0.15, 0.2) is 0 Å². The van der Waals surface area contributed by atoms with Crippen molar-refractivity contribution in [3.63, 3.8) is 0 Å². The Bertz CT molecular complexity index is 783. The van der Waals surface area contributed by atoms with E-state index in [0.717, 1.165) is 16.8 Å². The zero-order valence-electron chi connectivity index (χ0n) is 13.0. The fraction of sp³-hybridized carbons (Fsp3) is 0.312. The number of benzene rings is 1. The lowest BCUT2D eigenvalue weighted by Gasteiger charge is -2.16. The van der Waals surface area contributed by atoms with Gasteiger partial charge in [-0.3, -0.25) is 9.59 Å². The second-order valence-corrected chi connectivity index (χ2v) is 5.68. The van der Waals surface area contributed by atoms with Crippen molar-refractivity contribution in [2.24, 2.45) is 0 Å². The normalized spacial score (nSPS) is 12.0. The van der Waals surface area contributed by atoms with Crippen molar-refractivity contribution in [2.45, 2.75) is 33.7 Å². The minimum Gasteiger partial charge on any atom is -0.324 e. The summed E-state index contributed by atoms with van der Waals surface area (Å²) in [5, 5.41) is 7.56. The molecule has 0 spiro atoms. The molecule has 0 radical (unpaired) electrons. The highest BCUT2D eigenvalue weighted by atomic mass is 35.5. The number of amides is 1. The van der Waals surface area contributed by atoms with Gasteiger partial charge in [0.2, 0.25) is 5.91 Å². The van der Waals surface area contributed by atoms with E-state index in [1.54, 1.807) is 32.0 Å². The van der Waals surface area contributed by atoms with Gasteiger partial charge in [0.05, 0.1) is 5.69 Å². The highest BCUT2D eigenvalue weighted by molar-refractivity contribution is 6.31. The summed E-state index contributed by atoms with van der Waals surface area (Å²) >= 11 is 6.04. The average molecular weight is 320 g/mol. The number of nitrogens with zero attached hydrogens (tertiary/aromatic N) is 2. The molecule has 1 aromatic carbocycles. The molecule has 1 aromatic heterocycles. The summed E-state index contributed by atoms with van der Waals surface area (Å²) in [6.07, 6.45) is 0. The first-order valence-electron chi connectivity index (χ1n) is 6.94. The molecular weight excluding hydrogens is 302 g/mol. The number of hydrogen-bond acceptors (Lipinski definition) is 3. The average Bonchev–Trinajstić information content (AvgIpc) is 2.47. The molecule has 1 amide bonds. The van der Waals surface area contributed by atoms with Crippen LogP contribution in [0.5, 0.6) is 0 Å². The van der Waals surface area contributed by atoms with Gasteiger partial charge in [0.1, 0.15) is 6.04 Å². The Hall–Kier alpha value is -2.14. The molecule has 0 fully saturated rings. The maximum Gasteiger partial charge on any atom is 0.267 e. The number of carbonyl (C=O) groups excluding carboxylic acids is 1. The van der Waals surface area contributed by atoms with Crippen LogP contribution >= 0.6 is 11.6 Å². The predicted molar refractivity (Wildman–Crippen MR) is 87.5 cm³/mol. The molecule has 0 saturated carbocycles. The van der Waals surface area contributed by atoms with Gasteiger partial charge >= 0.3 is 0 Å². The van der Waals surface area contributed by atoms with Crippen molar-refractivity contribution >= 4 is 23.2 Å². The highest BCUT2D eigenvalue weighted by Crippen LogP contribution is 2.23. The molecule has 22 heavy (non-hydrogen) atoms. The number of carbonyl (C=O) groups is 1. The lowest BCUT2D eigenvalue weighted by Crippen LogP contribution is -2.34. The van der Waals surface area contributed by atoms with Gasteiger partial charge in [0.25, 0.3) is 5.56 Å². The summed E-state index contributed by atoms with van der Waals surface area (Å²) in [5.74, 6) is -0.316. The van der Waals surface area contributed by atoms with Crippen LogP contribution in [-0.4, -0.2) is 15.7 Å². The van der Waals surface area contributed by atoms with Crippen LogP contribution in [-0.2, 0) is 4.79 Å². The van der Waals surface area contributed by atoms with E-state index in [4.69, 9.17) is 11.6 Å². The van der Waals surface area contributed by atoms with E-state index in [2.05, 4.69) is 10.4 Å². The first kappa shape index (κ1) is 16.2. The topological polar surface area (TPSA) is 64.0 Å². The van der Waals surface area contributed by atoms with Crippen molar-refractivity contribution in [3.8, 4) is 0 Å². The smallest absolute Gasteiger partial charge is 0.267 e. The van der Waals surface area contributed by atoms with Gasteiger partial charge in [0, 0.05) is 16.8 Å². The number of halogens is 1. The number of anilines is 1. The molecule has 1 atom stereocenters. The molecule has 2 rings (SSSR count). The van der Waals surface area contributed by atoms with E-state index in [1.165, 1.54) is 10.7 Å². The Labute approximate surface area is 133 Å². The van der Waals surface area contributed by atoms with Gasteiger partial charge in [-0.15, -0.1) is 0 Å². The second-order valence-electron chi connectivity index (χ2n) is 5.27. The van der Waals surface area contributed by atoms with Crippen molar-refractivity contribution < 1.29 is 4.79 Å². The highest BCUT2D eigenvalue weighted by Gasteiger charge is 2.19. The maximum atomic E-state index is 12.4. The van der Waals surface area contributed by atoms with Crippen LogP contribution in [0.1, 0.15) is 29.8 Å². The van der Waals surface area contributed by atoms with Crippen LogP contribution in [0, 0.1) is 20.8 Å². The van der Waals surface area contributed by atoms with Gasteiger partial charge in [-0.2, -0.15) is 5.10 Å². The lowest BCUT2D eigenvalue weighted by atomic mass is 10.2. The number of aromatic nitrogens is 2. The lowest BCUT2D eigenvalue weighted by molar-refractivity contribution is -0.119. The van der Waals surface area contributed by atoms with Gasteiger partial charge < -0.3 is 5.32 Å². The SMILES string of the molecule is Cc1cc(=O)n([C@@H](C)C(=O)Nc2cccc(Cl)c2C)nc1C. The second kappa shape index (κ2) is 6.32. The fourth-order valence-electron chi connectivity index (χ4n) is 2.01. The van der Waals surface area contributed by atoms with Gasteiger partial charge in [-0.05, 0) is 51.0 Å². The largest absolute Gasteiger partial charge is 0.324 e. The third-order valence-corrected chi connectivity index (χ3v) is 4.08. The van der Waals surface area contributed by atoms with E-state index in [-0.39, 0.29) is 11.5 Å². The zero-order valence-corrected chi connectivity index (χ0v) is 13.7. The summed E-state index contributed by atoms with van der Waals surface area (Å²) in [7, 11) is 0. The van der Waals surface area contributed by atoms with Crippen LogP contribution in [0.4, 0.5) is 5.69 Å². The molecule has 0 aliphatic carbocycles. The van der Waals surface area contributed by atoms with Crippen molar-refractivity contribution in [3.05, 3.63) is 56.5 Å². The Morgan fingerprint density at radius 2 is 2.00 bits per heavy atom. The molecule has 5 nitrogen and oxygen atoms in total. The summed E-state index contributed by atoms with van der Waals surface area (Å²) in [4.78, 5) is 24.4. The van der Waals surface area contributed by atoms with Crippen LogP contribution in [0.15, 0.2) is 29.1 Å². The van der Waals surface area contributed by atoms with Crippen LogP contribution in [0.3, 0.4) is 0 Å². The zero-order chi connectivity index (χ0) is 16.4. The quantitative estimate of drug-likeness (QED) is 0.945. The molecule has 0 aliphatic rings. The molecule has 1 N–H and O–H groups in total. The minimum atomic E-state index is -0.717. The number of nitrogens with one attached hydrogen (secondary N) is 1.